The van der Waals surface area contributed by atoms with Crippen molar-refractivity contribution in [2.45, 2.75) is 11.8 Å². The normalized spacial score (nSPS) is 11.3. The van der Waals surface area contributed by atoms with Gasteiger partial charge >= 0.3 is 0 Å². The fourth-order valence-corrected chi connectivity index (χ4v) is 2.37. The molecule has 0 spiro atoms. The molecule has 2 rings (SSSR count). The Morgan fingerprint density at radius 3 is 2.40 bits per heavy atom. The van der Waals surface area contributed by atoms with Gasteiger partial charge in [-0.25, -0.2) is 12.8 Å². The number of hydrogen-bond acceptors (Lipinski definition) is 4. The Bertz CT molecular complexity index is 758. The Morgan fingerprint density at radius 1 is 1.15 bits per heavy atom. The van der Waals surface area contributed by atoms with Gasteiger partial charge in [-0.1, -0.05) is 6.07 Å². The second-order valence-corrected chi connectivity index (χ2v) is 6.63. The number of nitrogen functional groups attached to an aromatic ring is 1. The quantitative estimate of drug-likeness (QED) is 0.854. The minimum absolute atomic E-state index is 0.149. The Morgan fingerprint density at radius 2 is 1.85 bits per heavy atom. The summed E-state index contributed by atoms with van der Waals surface area (Å²) in [4.78, 5) is 0.149. The second kappa shape index (κ2) is 5.13. The maximum absolute atomic E-state index is 13.5. The third-order valence-electron chi connectivity index (χ3n) is 2.90. The fraction of sp³-hybridized carbons (Fsp3) is 0.143. The molecule has 0 saturated heterocycles. The summed E-state index contributed by atoms with van der Waals surface area (Å²) < 4.78 is 36.3. The topological polar surface area (TPSA) is 72.2 Å². The van der Waals surface area contributed by atoms with E-state index in [1.807, 2.05) is 0 Å². The first-order valence-electron chi connectivity index (χ1n) is 5.90. The van der Waals surface area contributed by atoms with Gasteiger partial charge in [-0.15, -0.1) is 0 Å². The van der Waals surface area contributed by atoms with E-state index in [1.165, 1.54) is 18.2 Å². The lowest BCUT2D eigenvalue weighted by Crippen LogP contribution is -2.01. The van der Waals surface area contributed by atoms with Gasteiger partial charge in [-0.05, 0) is 42.8 Å². The molecule has 0 aliphatic carbocycles. The highest BCUT2D eigenvalue weighted by atomic mass is 32.2. The molecular weight excluding hydrogens is 279 g/mol. The van der Waals surface area contributed by atoms with Gasteiger partial charge in [0.25, 0.3) is 0 Å². The number of hydrogen-bond donors (Lipinski definition) is 2. The van der Waals surface area contributed by atoms with Crippen molar-refractivity contribution in [2.75, 3.05) is 17.3 Å². The molecule has 0 atom stereocenters. The molecule has 0 fully saturated rings. The highest BCUT2D eigenvalue weighted by Crippen LogP contribution is 2.26. The van der Waals surface area contributed by atoms with Crippen LogP contribution < -0.4 is 11.1 Å². The molecule has 0 saturated carbocycles. The number of aryl methyl sites for hydroxylation is 1. The van der Waals surface area contributed by atoms with Crippen LogP contribution in [0.3, 0.4) is 0 Å². The van der Waals surface area contributed by atoms with Crippen molar-refractivity contribution in [3.63, 3.8) is 0 Å². The molecular formula is C14H15FN2O2S. The van der Waals surface area contributed by atoms with E-state index < -0.39 is 9.84 Å². The summed E-state index contributed by atoms with van der Waals surface area (Å²) in [6.07, 6.45) is 1.12. The number of sulfone groups is 1. The predicted molar refractivity (Wildman–Crippen MR) is 78.4 cm³/mol. The van der Waals surface area contributed by atoms with E-state index in [2.05, 4.69) is 5.32 Å². The summed E-state index contributed by atoms with van der Waals surface area (Å²) in [5.74, 6) is -0.318. The Hall–Kier alpha value is -2.08. The monoisotopic (exact) mass is 294 g/mol. The fourth-order valence-electron chi connectivity index (χ4n) is 1.71. The number of nitrogens with two attached hydrogens (primary N) is 1. The minimum atomic E-state index is -3.30. The van der Waals surface area contributed by atoms with Gasteiger partial charge in [0.1, 0.15) is 5.82 Å². The molecule has 0 heterocycles. The summed E-state index contributed by atoms with van der Waals surface area (Å²) in [7, 11) is -3.30. The van der Waals surface area contributed by atoms with Crippen LogP contribution in [0.5, 0.6) is 0 Å². The van der Waals surface area contributed by atoms with Crippen molar-refractivity contribution in [3.8, 4) is 0 Å². The van der Waals surface area contributed by atoms with Crippen LogP contribution in [-0.4, -0.2) is 14.7 Å². The van der Waals surface area contributed by atoms with Crippen LogP contribution >= 0.6 is 0 Å². The van der Waals surface area contributed by atoms with Gasteiger partial charge in [-0.2, -0.15) is 0 Å². The van der Waals surface area contributed by atoms with Gasteiger partial charge in [0.15, 0.2) is 9.84 Å². The predicted octanol–water partition coefficient (Wildman–Crippen LogP) is 2.86. The van der Waals surface area contributed by atoms with Crippen molar-refractivity contribution in [2.24, 2.45) is 0 Å². The smallest absolute Gasteiger partial charge is 0.175 e. The molecule has 0 radical (unpaired) electrons. The van der Waals surface area contributed by atoms with Crippen molar-refractivity contribution < 1.29 is 12.8 Å². The van der Waals surface area contributed by atoms with Crippen LogP contribution in [0.2, 0.25) is 0 Å². The third kappa shape index (κ3) is 3.08. The molecule has 0 unspecified atom stereocenters. The first kappa shape index (κ1) is 14.3. The first-order valence-corrected chi connectivity index (χ1v) is 7.79. The molecule has 0 aliphatic heterocycles. The Labute approximate surface area is 117 Å². The number of benzene rings is 2. The van der Waals surface area contributed by atoms with Gasteiger partial charge in [0.05, 0.1) is 16.3 Å². The largest absolute Gasteiger partial charge is 0.397 e. The maximum Gasteiger partial charge on any atom is 0.175 e. The summed E-state index contributed by atoms with van der Waals surface area (Å²) in [6, 6.07) is 9.13. The van der Waals surface area contributed by atoms with E-state index in [9.17, 15) is 12.8 Å². The van der Waals surface area contributed by atoms with Crippen LogP contribution in [0.4, 0.5) is 21.5 Å². The maximum atomic E-state index is 13.5. The standard InChI is InChI=1S/C14H15FN2O2S/c1-9-3-4-10(7-12(9)15)17-14-6-5-11(8-13(14)16)20(2,18)19/h3-8,17H,16H2,1-2H3. The number of anilines is 3. The summed E-state index contributed by atoms with van der Waals surface area (Å²) in [6.45, 7) is 1.67. The average molecular weight is 294 g/mol. The lowest BCUT2D eigenvalue weighted by Gasteiger charge is -2.11. The van der Waals surface area contributed by atoms with Crippen molar-refractivity contribution in [3.05, 3.63) is 47.8 Å². The van der Waals surface area contributed by atoms with Crippen LogP contribution in [0.15, 0.2) is 41.3 Å². The van der Waals surface area contributed by atoms with Gasteiger partial charge in [0, 0.05) is 11.9 Å². The second-order valence-electron chi connectivity index (χ2n) is 4.61. The molecule has 0 aliphatic rings. The van der Waals surface area contributed by atoms with Crippen LogP contribution in [0.1, 0.15) is 5.56 Å². The van der Waals surface area contributed by atoms with Gasteiger partial charge in [0.2, 0.25) is 0 Å². The SMILES string of the molecule is Cc1ccc(Nc2ccc(S(C)(=O)=O)cc2N)cc1F. The molecule has 0 aromatic heterocycles. The van der Waals surface area contributed by atoms with Gasteiger partial charge < -0.3 is 11.1 Å². The van der Waals surface area contributed by atoms with Crippen molar-refractivity contribution in [1.29, 1.82) is 0 Å². The Kier molecular flexibility index (Phi) is 3.67. The summed E-state index contributed by atoms with van der Waals surface area (Å²) >= 11 is 0. The zero-order valence-corrected chi connectivity index (χ0v) is 12.0. The van der Waals surface area contributed by atoms with Crippen LogP contribution in [0, 0.1) is 12.7 Å². The zero-order chi connectivity index (χ0) is 14.9. The molecule has 106 valence electrons. The Balaban J connectivity index is 2.32. The zero-order valence-electron chi connectivity index (χ0n) is 11.1. The molecule has 20 heavy (non-hydrogen) atoms. The first-order chi connectivity index (χ1) is 9.27. The van der Waals surface area contributed by atoms with E-state index in [-0.39, 0.29) is 16.4 Å². The number of nitrogens with one attached hydrogen (secondary N) is 1. The van der Waals surface area contributed by atoms with E-state index >= 15 is 0 Å². The third-order valence-corrected chi connectivity index (χ3v) is 4.01. The number of halogens is 1. The highest BCUT2D eigenvalue weighted by molar-refractivity contribution is 7.90. The van der Waals surface area contributed by atoms with Crippen LogP contribution in [-0.2, 0) is 9.84 Å². The minimum Gasteiger partial charge on any atom is -0.397 e. The van der Waals surface area contributed by atoms with Crippen molar-refractivity contribution >= 4 is 26.9 Å². The molecule has 4 nitrogen and oxygen atoms in total. The van der Waals surface area contributed by atoms with E-state index in [1.54, 1.807) is 25.1 Å². The molecule has 2 aromatic rings. The molecule has 6 heteroatoms. The molecule has 0 bridgehead atoms. The van der Waals surface area contributed by atoms with E-state index in [0.717, 1.165) is 6.26 Å². The lowest BCUT2D eigenvalue weighted by molar-refractivity contribution is 0.602. The average Bonchev–Trinajstić information content (AvgIpc) is 2.35. The lowest BCUT2D eigenvalue weighted by atomic mass is 10.2. The number of rotatable bonds is 3. The van der Waals surface area contributed by atoms with Crippen LogP contribution in [0.25, 0.3) is 0 Å². The van der Waals surface area contributed by atoms with E-state index in [4.69, 9.17) is 5.73 Å². The van der Waals surface area contributed by atoms with Gasteiger partial charge in [-0.3, -0.25) is 0 Å². The highest BCUT2D eigenvalue weighted by Gasteiger charge is 2.10. The van der Waals surface area contributed by atoms with E-state index in [0.29, 0.717) is 16.9 Å². The molecule has 3 N–H and O–H groups in total. The summed E-state index contributed by atoms with van der Waals surface area (Å²) in [5.41, 5.74) is 7.73. The van der Waals surface area contributed by atoms with Crippen molar-refractivity contribution in [1.82, 2.24) is 0 Å². The molecule has 0 amide bonds. The molecule has 2 aromatic carbocycles. The summed E-state index contributed by atoms with van der Waals surface area (Å²) in [5, 5.41) is 2.96.